The fourth-order valence-corrected chi connectivity index (χ4v) is 1.47. The van der Waals surface area contributed by atoms with Crippen molar-refractivity contribution in [3.63, 3.8) is 0 Å². The molecule has 0 amide bonds. The summed E-state index contributed by atoms with van der Waals surface area (Å²) >= 11 is 0. The molecule has 2 aliphatic carbocycles. The molecule has 0 heterocycles. The minimum atomic E-state index is 0.532. The molecule has 2 atom stereocenters. The zero-order chi connectivity index (χ0) is 4.85. The van der Waals surface area contributed by atoms with Crippen molar-refractivity contribution in [2.45, 2.75) is 19.3 Å². The highest BCUT2D eigenvalue weighted by molar-refractivity contribution is 5.86. The van der Waals surface area contributed by atoms with Crippen molar-refractivity contribution in [1.29, 1.82) is 0 Å². The summed E-state index contributed by atoms with van der Waals surface area (Å²) in [6.07, 6.45) is 3.30. The van der Waals surface area contributed by atoms with Gasteiger partial charge in [-0.3, -0.25) is 4.79 Å². The maximum Gasteiger partial charge on any atom is 0.136 e. The number of carbonyl (C=O) groups is 1. The highest BCUT2D eigenvalue weighted by Gasteiger charge is 2.47. The van der Waals surface area contributed by atoms with Crippen LogP contribution in [0.3, 0.4) is 0 Å². The minimum absolute atomic E-state index is 0.532. The molecule has 0 aromatic carbocycles. The van der Waals surface area contributed by atoms with Gasteiger partial charge in [-0.15, -0.1) is 0 Å². The molecule has 1 nitrogen and oxygen atoms in total. The van der Waals surface area contributed by atoms with Gasteiger partial charge in [0.15, 0.2) is 0 Å². The van der Waals surface area contributed by atoms with E-state index < -0.39 is 0 Å². The third-order valence-electron chi connectivity index (χ3n) is 2.10. The van der Waals surface area contributed by atoms with Crippen LogP contribution >= 0.6 is 0 Å². The lowest BCUT2D eigenvalue weighted by Crippen LogP contribution is -1.91. The van der Waals surface area contributed by atoms with Gasteiger partial charge in [-0.2, -0.15) is 0 Å². The molecule has 0 spiro atoms. The summed E-state index contributed by atoms with van der Waals surface area (Å²) in [4.78, 5) is 10.6. The van der Waals surface area contributed by atoms with E-state index in [1.165, 1.54) is 12.8 Å². The largest absolute Gasteiger partial charge is 0.299 e. The van der Waals surface area contributed by atoms with Gasteiger partial charge in [-0.05, 0) is 18.8 Å². The summed E-state index contributed by atoms with van der Waals surface area (Å²) in [5, 5.41) is 0. The van der Waals surface area contributed by atoms with Crippen molar-refractivity contribution < 1.29 is 4.79 Å². The standard InChI is InChI=1S/C6H8O/c7-6-2-1-4-3-5(4)6/h4-5H,1-3H2/t4-,5-/m0/s1. The molecule has 2 rings (SSSR count). The number of fused-ring (bicyclic) bond motifs is 1. The number of hydrogen-bond acceptors (Lipinski definition) is 1. The fraction of sp³-hybridized carbons (Fsp3) is 0.833. The summed E-state index contributed by atoms with van der Waals surface area (Å²) in [5.74, 6) is 1.91. The third kappa shape index (κ3) is 0.355. The zero-order valence-electron chi connectivity index (χ0n) is 4.18. The van der Waals surface area contributed by atoms with E-state index in [0.29, 0.717) is 11.7 Å². The molecule has 0 aliphatic heterocycles. The second-order valence-electron chi connectivity index (χ2n) is 2.61. The normalized spacial score (nSPS) is 46.6. The predicted octanol–water partition coefficient (Wildman–Crippen LogP) is 0.985. The molecule has 0 unspecified atom stereocenters. The number of Topliss-reactive ketones (excluding diaryl/α,β-unsaturated/α-hetero) is 1. The lowest BCUT2D eigenvalue weighted by molar-refractivity contribution is -0.119. The van der Waals surface area contributed by atoms with Gasteiger partial charge in [0.1, 0.15) is 5.78 Å². The van der Waals surface area contributed by atoms with Crippen LogP contribution in [0, 0.1) is 11.8 Å². The molecule has 2 fully saturated rings. The third-order valence-corrected chi connectivity index (χ3v) is 2.10. The van der Waals surface area contributed by atoms with Gasteiger partial charge in [0, 0.05) is 12.3 Å². The predicted molar refractivity (Wildman–Crippen MR) is 25.8 cm³/mol. The maximum atomic E-state index is 10.6. The Hall–Kier alpha value is -0.330. The van der Waals surface area contributed by atoms with Crippen molar-refractivity contribution >= 4 is 5.78 Å². The summed E-state index contributed by atoms with van der Waals surface area (Å²) < 4.78 is 0. The van der Waals surface area contributed by atoms with E-state index in [9.17, 15) is 4.79 Å². The lowest BCUT2D eigenvalue weighted by atomic mass is 10.2. The van der Waals surface area contributed by atoms with Crippen molar-refractivity contribution in [3.8, 4) is 0 Å². The number of ketones is 1. The van der Waals surface area contributed by atoms with Crippen LogP contribution in [0.4, 0.5) is 0 Å². The minimum Gasteiger partial charge on any atom is -0.299 e. The summed E-state index contributed by atoms with van der Waals surface area (Å²) in [5.41, 5.74) is 0. The Morgan fingerprint density at radius 1 is 1.57 bits per heavy atom. The molecule has 0 saturated heterocycles. The molecule has 0 radical (unpaired) electrons. The number of carbonyl (C=O) groups excluding carboxylic acids is 1. The van der Waals surface area contributed by atoms with Crippen molar-refractivity contribution in [2.75, 3.05) is 0 Å². The van der Waals surface area contributed by atoms with Gasteiger partial charge < -0.3 is 0 Å². The van der Waals surface area contributed by atoms with E-state index in [1.54, 1.807) is 0 Å². The molecule has 1 heteroatoms. The van der Waals surface area contributed by atoms with E-state index in [2.05, 4.69) is 0 Å². The first-order valence-corrected chi connectivity index (χ1v) is 2.90. The second-order valence-corrected chi connectivity index (χ2v) is 2.61. The van der Waals surface area contributed by atoms with Gasteiger partial charge >= 0.3 is 0 Å². The van der Waals surface area contributed by atoms with Crippen LogP contribution in [-0.2, 0) is 4.79 Å². The fourth-order valence-electron chi connectivity index (χ4n) is 1.47. The SMILES string of the molecule is O=C1CC[C@H]2C[C@H]12. The monoisotopic (exact) mass is 96.1 g/mol. The van der Waals surface area contributed by atoms with Crippen molar-refractivity contribution in [3.05, 3.63) is 0 Å². The van der Waals surface area contributed by atoms with E-state index in [-0.39, 0.29) is 0 Å². The van der Waals surface area contributed by atoms with Crippen LogP contribution in [0.25, 0.3) is 0 Å². The Balaban J connectivity index is 2.21. The van der Waals surface area contributed by atoms with Crippen LogP contribution in [-0.4, -0.2) is 5.78 Å². The average Bonchev–Trinajstić information content (AvgIpc) is 2.33. The molecular weight excluding hydrogens is 88.1 g/mol. The van der Waals surface area contributed by atoms with E-state index >= 15 is 0 Å². The van der Waals surface area contributed by atoms with Crippen molar-refractivity contribution in [1.82, 2.24) is 0 Å². The Morgan fingerprint density at radius 3 is 2.57 bits per heavy atom. The molecule has 2 saturated carbocycles. The summed E-state index contributed by atoms with van der Waals surface area (Å²) in [6, 6.07) is 0. The first kappa shape index (κ1) is 3.65. The topological polar surface area (TPSA) is 17.1 Å². The number of rotatable bonds is 0. The Kier molecular flexibility index (Phi) is 0.473. The number of hydrogen-bond donors (Lipinski definition) is 0. The van der Waals surface area contributed by atoms with Gasteiger partial charge in [0.2, 0.25) is 0 Å². The summed E-state index contributed by atoms with van der Waals surface area (Å²) in [7, 11) is 0. The highest BCUT2D eigenvalue weighted by Crippen LogP contribution is 2.49. The first-order valence-electron chi connectivity index (χ1n) is 2.90. The van der Waals surface area contributed by atoms with E-state index in [1.807, 2.05) is 0 Å². The molecule has 0 aromatic rings. The molecular formula is C6H8O. The first-order chi connectivity index (χ1) is 3.38. The quantitative estimate of drug-likeness (QED) is 0.439. The zero-order valence-corrected chi connectivity index (χ0v) is 4.18. The van der Waals surface area contributed by atoms with Crippen molar-refractivity contribution in [2.24, 2.45) is 11.8 Å². The lowest BCUT2D eigenvalue weighted by Gasteiger charge is -1.82. The molecule has 0 aromatic heterocycles. The van der Waals surface area contributed by atoms with E-state index in [4.69, 9.17) is 0 Å². The van der Waals surface area contributed by atoms with Crippen LogP contribution in [0.2, 0.25) is 0 Å². The summed E-state index contributed by atoms with van der Waals surface area (Å²) in [6.45, 7) is 0. The Labute approximate surface area is 42.7 Å². The maximum absolute atomic E-state index is 10.6. The molecule has 0 N–H and O–H groups in total. The smallest absolute Gasteiger partial charge is 0.136 e. The molecule has 7 heavy (non-hydrogen) atoms. The van der Waals surface area contributed by atoms with Gasteiger partial charge in [0.25, 0.3) is 0 Å². The van der Waals surface area contributed by atoms with Gasteiger partial charge in [0.05, 0.1) is 0 Å². The molecule has 0 bridgehead atoms. The Morgan fingerprint density at radius 2 is 2.43 bits per heavy atom. The average molecular weight is 96.1 g/mol. The van der Waals surface area contributed by atoms with Gasteiger partial charge in [-0.25, -0.2) is 0 Å². The van der Waals surface area contributed by atoms with E-state index in [0.717, 1.165) is 12.3 Å². The van der Waals surface area contributed by atoms with Crippen LogP contribution in [0.15, 0.2) is 0 Å². The molecule has 2 aliphatic rings. The van der Waals surface area contributed by atoms with Crippen LogP contribution in [0.1, 0.15) is 19.3 Å². The second kappa shape index (κ2) is 0.908. The Bertz CT molecular complexity index is 117. The van der Waals surface area contributed by atoms with Gasteiger partial charge in [-0.1, -0.05) is 0 Å². The van der Waals surface area contributed by atoms with Crippen LogP contribution < -0.4 is 0 Å². The van der Waals surface area contributed by atoms with Crippen LogP contribution in [0.5, 0.6) is 0 Å². The highest BCUT2D eigenvalue weighted by atomic mass is 16.1. The molecule has 38 valence electrons.